The lowest BCUT2D eigenvalue weighted by Gasteiger charge is -2.26. The molecule has 2 rings (SSSR count). The van der Waals surface area contributed by atoms with Gasteiger partial charge in [-0.2, -0.15) is 0 Å². The molecule has 0 bridgehead atoms. The number of nitrogens with two attached hydrogens (primary N) is 1. The van der Waals surface area contributed by atoms with Gasteiger partial charge in [0.25, 0.3) is 0 Å². The van der Waals surface area contributed by atoms with E-state index in [-0.39, 0.29) is 25.0 Å². The molecule has 0 atom stereocenters. The number of nitrogen functional groups attached to an aromatic ring is 1. The molecule has 1 heterocycles. The van der Waals surface area contributed by atoms with E-state index in [0.29, 0.717) is 24.5 Å². The van der Waals surface area contributed by atoms with E-state index in [1.807, 2.05) is 13.0 Å². The number of benzene rings is 1. The lowest BCUT2D eigenvalue weighted by atomic mass is 10.2. The van der Waals surface area contributed by atoms with Crippen molar-refractivity contribution in [3.05, 3.63) is 23.8 Å². The van der Waals surface area contributed by atoms with E-state index < -0.39 is 0 Å². The van der Waals surface area contributed by atoms with Gasteiger partial charge in [-0.25, -0.2) is 0 Å². The fourth-order valence-electron chi connectivity index (χ4n) is 1.85. The SMILES string of the molecule is Cc1ccc(N)cc1NC(=O)CN1CCOCC1=O. The monoisotopic (exact) mass is 263 g/mol. The van der Waals surface area contributed by atoms with Crippen LogP contribution in [0.3, 0.4) is 0 Å². The van der Waals surface area contributed by atoms with E-state index in [1.54, 1.807) is 12.1 Å². The number of ether oxygens (including phenoxy) is 1. The fraction of sp³-hybridized carbons (Fsp3) is 0.385. The van der Waals surface area contributed by atoms with E-state index in [9.17, 15) is 9.59 Å². The van der Waals surface area contributed by atoms with Crippen LogP contribution in [-0.2, 0) is 14.3 Å². The summed E-state index contributed by atoms with van der Waals surface area (Å²) in [6, 6.07) is 5.32. The number of nitrogens with one attached hydrogen (secondary N) is 1. The van der Waals surface area contributed by atoms with E-state index in [0.717, 1.165) is 5.56 Å². The summed E-state index contributed by atoms with van der Waals surface area (Å²) in [5, 5.41) is 2.77. The lowest BCUT2D eigenvalue weighted by Crippen LogP contribution is -2.45. The third-order valence-electron chi connectivity index (χ3n) is 2.95. The van der Waals surface area contributed by atoms with Crippen LogP contribution >= 0.6 is 0 Å². The number of anilines is 2. The first-order valence-corrected chi connectivity index (χ1v) is 6.08. The summed E-state index contributed by atoms with van der Waals surface area (Å²) in [6.07, 6.45) is 0. The summed E-state index contributed by atoms with van der Waals surface area (Å²) in [5.41, 5.74) is 7.86. The molecular formula is C13H17N3O3. The van der Waals surface area contributed by atoms with Crippen molar-refractivity contribution < 1.29 is 14.3 Å². The van der Waals surface area contributed by atoms with Crippen molar-refractivity contribution in [1.82, 2.24) is 4.90 Å². The summed E-state index contributed by atoms with van der Waals surface area (Å²) in [4.78, 5) is 24.9. The normalized spacial score (nSPS) is 15.4. The third-order valence-corrected chi connectivity index (χ3v) is 2.95. The summed E-state index contributed by atoms with van der Waals surface area (Å²) < 4.78 is 5.01. The zero-order chi connectivity index (χ0) is 13.8. The Balaban J connectivity index is 1.97. The Morgan fingerprint density at radius 3 is 3.05 bits per heavy atom. The number of nitrogens with zero attached hydrogens (tertiary/aromatic N) is 1. The van der Waals surface area contributed by atoms with Crippen LogP contribution in [0.2, 0.25) is 0 Å². The van der Waals surface area contributed by atoms with Gasteiger partial charge in [0.15, 0.2) is 0 Å². The molecule has 6 heteroatoms. The van der Waals surface area contributed by atoms with Gasteiger partial charge in [-0.3, -0.25) is 9.59 Å². The van der Waals surface area contributed by atoms with Gasteiger partial charge in [0.05, 0.1) is 6.61 Å². The fourth-order valence-corrected chi connectivity index (χ4v) is 1.85. The number of morpholine rings is 1. The average Bonchev–Trinajstić information content (AvgIpc) is 2.37. The molecule has 6 nitrogen and oxygen atoms in total. The van der Waals surface area contributed by atoms with E-state index >= 15 is 0 Å². The smallest absolute Gasteiger partial charge is 0.249 e. The maximum atomic E-state index is 11.9. The van der Waals surface area contributed by atoms with Crippen molar-refractivity contribution in [2.24, 2.45) is 0 Å². The largest absolute Gasteiger partial charge is 0.399 e. The maximum absolute atomic E-state index is 11.9. The second-order valence-corrected chi connectivity index (χ2v) is 4.49. The Morgan fingerprint density at radius 2 is 2.32 bits per heavy atom. The first kappa shape index (κ1) is 13.4. The number of carbonyl (C=O) groups excluding carboxylic acids is 2. The number of aryl methyl sites for hydroxylation is 1. The van der Waals surface area contributed by atoms with Crippen LogP contribution in [0, 0.1) is 6.92 Å². The standard InChI is InChI=1S/C13H17N3O3/c1-9-2-3-10(14)6-11(9)15-12(17)7-16-4-5-19-8-13(16)18/h2-3,6H,4-5,7-8,14H2,1H3,(H,15,17). The molecule has 0 saturated carbocycles. The molecule has 0 unspecified atom stereocenters. The molecule has 1 fully saturated rings. The number of hydrogen-bond acceptors (Lipinski definition) is 4. The Bertz CT molecular complexity index is 502. The van der Waals surface area contributed by atoms with E-state index in [1.165, 1.54) is 4.90 Å². The Labute approximate surface area is 111 Å². The van der Waals surface area contributed by atoms with Gasteiger partial charge in [-0.15, -0.1) is 0 Å². The van der Waals surface area contributed by atoms with Gasteiger partial charge >= 0.3 is 0 Å². The van der Waals surface area contributed by atoms with Crippen molar-refractivity contribution in [2.75, 3.05) is 37.4 Å². The highest BCUT2D eigenvalue weighted by atomic mass is 16.5. The number of rotatable bonds is 3. The zero-order valence-corrected chi connectivity index (χ0v) is 10.8. The second kappa shape index (κ2) is 5.71. The lowest BCUT2D eigenvalue weighted by molar-refractivity contribution is -0.144. The minimum Gasteiger partial charge on any atom is -0.399 e. The summed E-state index contributed by atoms with van der Waals surface area (Å²) in [5.74, 6) is -0.394. The highest BCUT2D eigenvalue weighted by molar-refractivity contribution is 5.95. The van der Waals surface area contributed by atoms with Crippen LogP contribution in [0.25, 0.3) is 0 Å². The summed E-state index contributed by atoms with van der Waals surface area (Å²) >= 11 is 0. The second-order valence-electron chi connectivity index (χ2n) is 4.49. The molecular weight excluding hydrogens is 246 g/mol. The van der Waals surface area contributed by atoms with Crippen LogP contribution < -0.4 is 11.1 Å². The van der Waals surface area contributed by atoms with Gasteiger partial charge in [0, 0.05) is 17.9 Å². The predicted octanol–water partition coefficient (Wildman–Crippen LogP) is 0.375. The Morgan fingerprint density at radius 1 is 1.53 bits per heavy atom. The minimum absolute atomic E-state index is 0.0381. The first-order valence-electron chi connectivity index (χ1n) is 6.08. The number of amides is 2. The van der Waals surface area contributed by atoms with Gasteiger partial charge in [-0.05, 0) is 24.6 Å². The summed E-state index contributed by atoms with van der Waals surface area (Å²) in [6.45, 7) is 2.88. The molecule has 1 aromatic rings. The van der Waals surface area contributed by atoms with Crippen LogP contribution in [0.4, 0.5) is 11.4 Å². The molecule has 0 aliphatic carbocycles. The van der Waals surface area contributed by atoms with Gasteiger partial charge in [0.1, 0.15) is 13.2 Å². The summed E-state index contributed by atoms with van der Waals surface area (Å²) in [7, 11) is 0. The quantitative estimate of drug-likeness (QED) is 0.772. The average molecular weight is 263 g/mol. The molecule has 0 spiro atoms. The van der Waals surface area contributed by atoms with Crippen molar-refractivity contribution in [3.63, 3.8) is 0 Å². The Hall–Kier alpha value is -2.08. The molecule has 19 heavy (non-hydrogen) atoms. The van der Waals surface area contributed by atoms with Crippen LogP contribution in [0.15, 0.2) is 18.2 Å². The number of hydrogen-bond donors (Lipinski definition) is 2. The van der Waals surface area contributed by atoms with Crippen molar-refractivity contribution >= 4 is 23.2 Å². The van der Waals surface area contributed by atoms with Crippen molar-refractivity contribution in [2.45, 2.75) is 6.92 Å². The van der Waals surface area contributed by atoms with Crippen molar-refractivity contribution in [1.29, 1.82) is 0 Å². The molecule has 1 saturated heterocycles. The van der Waals surface area contributed by atoms with Crippen LogP contribution in [0.5, 0.6) is 0 Å². The highest BCUT2D eigenvalue weighted by Crippen LogP contribution is 2.18. The van der Waals surface area contributed by atoms with E-state index in [4.69, 9.17) is 10.5 Å². The van der Waals surface area contributed by atoms with Crippen LogP contribution in [-0.4, -0.2) is 43.0 Å². The molecule has 1 aliphatic heterocycles. The molecule has 1 aromatic carbocycles. The molecule has 2 amide bonds. The molecule has 0 aromatic heterocycles. The number of carbonyl (C=O) groups is 2. The molecule has 1 aliphatic rings. The topological polar surface area (TPSA) is 84.7 Å². The maximum Gasteiger partial charge on any atom is 0.249 e. The predicted molar refractivity (Wildman–Crippen MR) is 71.6 cm³/mol. The molecule has 102 valence electrons. The Kier molecular flexibility index (Phi) is 4.01. The highest BCUT2D eigenvalue weighted by Gasteiger charge is 2.21. The van der Waals surface area contributed by atoms with Gasteiger partial charge in [0.2, 0.25) is 11.8 Å². The first-order chi connectivity index (χ1) is 9.06. The minimum atomic E-state index is -0.232. The van der Waals surface area contributed by atoms with E-state index in [2.05, 4.69) is 5.32 Å². The zero-order valence-electron chi connectivity index (χ0n) is 10.8. The third kappa shape index (κ3) is 3.45. The van der Waals surface area contributed by atoms with Crippen LogP contribution in [0.1, 0.15) is 5.56 Å². The van der Waals surface area contributed by atoms with Gasteiger partial charge < -0.3 is 20.7 Å². The molecule has 3 N–H and O–H groups in total. The molecule has 0 radical (unpaired) electrons. The van der Waals surface area contributed by atoms with Crippen molar-refractivity contribution in [3.8, 4) is 0 Å². The van der Waals surface area contributed by atoms with Gasteiger partial charge in [-0.1, -0.05) is 6.07 Å².